The second-order valence-electron chi connectivity index (χ2n) is 24.0. The number of rotatable bonds is 23. The van der Waals surface area contributed by atoms with Gasteiger partial charge >= 0.3 is 0 Å². The van der Waals surface area contributed by atoms with Gasteiger partial charge < -0.3 is 75.3 Å². The van der Waals surface area contributed by atoms with E-state index in [1.54, 1.807) is 77.9 Å². The molecule has 0 radical (unpaired) electrons. The highest BCUT2D eigenvalue weighted by Gasteiger charge is 2.12. The predicted octanol–water partition coefficient (Wildman–Crippen LogP) is 2.51. The number of nitrogens with one attached hydrogen (secondary N) is 4. The number of nitrogens with zero attached hydrogens (tertiary/aromatic N) is 11. The number of likely N-dealkylation sites (N-methyl/N-ethyl adjacent to an activating group) is 5. The van der Waals surface area contributed by atoms with E-state index in [1.165, 1.54) is 102 Å². The lowest BCUT2D eigenvalue weighted by atomic mass is 10.1. The first kappa shape index (κ1) is 109. The van der Waals surface area contributed by atoms with Gasteiger partial charge in [0.2, 0.25) is 41.4 Å². The molecule has 101 heavy (non-hydrogen) atoms. The van der Waals surface area contributed by atoms with Crippen molar-refractivity contribution in [2.75, 3.05) is 246 Å². The largest absolute Gasteiger partial charge is 0.388 e. The maximum absolute atomic E-state index is 10.7. The van der Waals surface area contributed by atoms with Crippen LogP contribution in [0.25, 0.3) is 0 Å². The molecule has 0 aromatic carbocycles. The van der Waals surface area contributed by atoms with Gasteiger partial charge in [0.15, 0.2) is 0 Å². The van der Waals surface area contributed by atoms with Gasteiger partial charge in [-0.1, -0.05) is 6.92 Å². The van der Waals surface area contributed by atoms with Gasteiger partial charge in [0, 0.05) is 233 Å². The summed E-state index contributed by atoms with van der Waals surface area (Å²) < 4.78 is 61.6. The van der Waals surface area contributed by atoms with Crippen LogP contribution in [0, 0.1) is 0 Å². The molecule has 5 rings (SSSR count). The van der Waals surface area contributed by atoms with Gasteiger partial charge in [0.1, 0.15) is 19.7 Å². The second-order valence-corrected chi connectivity index (χ2v) is 28.5. The van der Waals surface area contributed by atoms with Crippen molar-refractivity contribution in [1.29, 1.82) is 0 Å². The number of methoxy groups -OCH3 is 3. The highest BCUT2D eigenvalue weighted by molar-refractivity contribution is 7.90. The number of ether oxygens (including phenoxy) is 4. The molecule has 2 fully saturated rings. The molecule has 2 saturated heterocycles. The SMILES string of the molecule is CC(=O)N(C)CCN(C)C.CC(=O)N(C)CCS(C)(=O)=O.CC(=O)N1CCCCC1.CC(=O)NCCS(C)(=O)=O.CC1=NCCC1.CC1=NCCN1.CCC1=NCCC1.CCN=C(C)N.CNCCN1CCOCC1.COCCN(C)C(C)=O.COCCN(C)C(C)=O.COCCNC(C)=O. The van der Waals surface area contributed by atoms with Crippen molar-refractivity contribution in [2.45, 2.75) is 134 Å². The first-order chi connectivity index (χ1) is 47.1. The Morgan fingerprint density at radius 1 is 0.574 bits per heavy atom. The van der Waals surface area contributed by atoms with Crippen molar-refractivity contribution in [3.63, 3.8) is 0 Å². The van der Waals surface area contributed by atoms with E-state index in [4.69, 9.17) is 19.9 Å². The fourth-order valence-corrected chi connectivity index (χ4v) is 8.20. The molecule has 31 nitrogen and oxygen atoms in total. The minimum Gasteiger partial charge on any atom is -0.388 e. The van der Waals surface area contributed by atoms with Gasteiger partial charge in [0.25, 0.3) is 0 Å². The van der Waals surface area contributed by atoms with Crippen LogP contribution >= 0.6 is 0 Å². The summed E-state index contributed by atoms with van der Waals surface area (Å²) in [6.45, 7) is 39.6. The van der Waals surface area contributed by atoms with Crippen LogP contribution in [0.1, 0.15) is 134 Å². The zero-order chi connectivity index (χ0) is 79.2. The normalized spacial score (nSPS) is 14.0. The number of carbonyl (C=O) groups excluding carboxylic acids is 7. The second kappa shape index (κ2) is 73.9. The smallest absolute Gasteiger partial charge is 0.219 e. The Labute approximate surface area is 612 Å². The summed E-state index contributed by atoms with van der Waals surface area (Å²) in [5, 5.41) is 11.2. The van der Waals surface area contributed by atoms with Gasteiger partial charge in [-0.25, -0.2) is 16.8 Å². The number of piperidine rings is 1. The molecule has 0 spiro atoms. The molecule has 0 aromatic rings. The van der Waals surface area contributed by atoms with Crippen LogP contribution < -0.4 is 27.0 Å². The Bertz CT molecular complexity index is 2410. The third-order valence-corrected chi connectivity index (χ3v) is 15.8. The van der Waals surface area contributed by atoms with E-state index in [1.807, 2.05) is 46.9 Å². The standard InChI is InChI=1S/2C7H16N2O.C7H13NO.C6H13NO3S.2C6H13NO2.C6H11N.C5H11NO3S.C5H11NO2.C5H9N.C4H8N2.C4H10N2/c1-8-2-3-9-4-6-10-7-5-9;1-7(10)9(4)6-5-8(2)3;1-7(9)8-5-3-2-4-6-8;1-6(8)7(2)4-5-11(3,9)10;2*1-6(8)7(2)4-5-9-3;1-2-6-4-3-5-7-6;1-5(7)6-3-4-10(2,8)9;1-5(7)6-3-4-8-2;1-5-3-2-4-6-5;1-4-5-2-3-6-4;1-3-6-4(2)5/h8H,2-7H2,1H3;5-6H2,1-4H3;2-6H2,1H3;4-5H2,1-3H3;2*4-5H2,1-3H3;2-5H2,1H3;3-4H2,1-2H3,(H,6,7);3-4H2,1-2H3,(H,6,7);2-4H2,1H3;2-3H2,1H3,(H,5,6);3H2,1-2H3,(H2,5,6). The molecular formula is C68H144N16O15S2. The lowest BCUT2D eigenvalue weighted by molar-refractivity contribution is -0.130. The maximum atomic E-state index is 10.7. The quantitative estimate of drug-likeness (QED) is 0.0557. The number of aliphatic imine (C=N–C) groups is 4. The van der Waals surface area contributed by atoms with Gasteiger partial charge in [-0.05, 0) is 100 Å². The summed E-state index contributed by atoms with van der Waals surface area (Å²) in [6, 6.07) is 0. The zero-order valence-electron chi connectivity index (χ0n) is 67.3. The summed E-state index contributed by atoms with van der Waals surface area (Å²) >= 11 is 0. The fourth-order valence-electron chi connectivity index (χ4n) is 7.12. The highest BCUT2D eigenvalue weighted by atomic mass is 32.2. The van der Waals surface area contributed by atoms with E-state index >= 15 is 0 Å². The lowest BCUT2D eigenvalue weighted by Gasteiger charge is -2.26. The average molecular weight is 1490 g/mol. The topological polar surface area (TPSA) is 371 Å². The Morgan fingerprint density at radius 3 is 1.31 bits per heavy atom. The summed E-state index contributed by atoms with van der Waals surface area (Å²) in [5.74, 6) is 1.96. The first-order valence-electron chi connectivity index (χ1n) is 34.7. The number of amidine groups is 2. The summed E-state index contributed by atoms with van der Waals surface area (Å²) in [6.07, 6.45) is 12.2. The highest BCUT2D eigenvalue weighted by Crippen LogP contribution is 2.08. The van der Waals surface area contributed by atoms with Crippen molar-refractivity contribution in [3.05, 3.63) is 0 Å². The molecule has 0 unspecified atom stereocenters. The lowest BCUT2D eigenvalue weighted by Crippen LogP contribution is -2.39. The third kappa shape index (κ3) is 96.3. The molecule has 5 aliphatic rings. The number of amides is 7. The van der Waals surface area contributed by atoms with Crippen LogP contribution in [-0.2, 0) is 72.2 Å². The van der Waals surface area contributed by atoms with Crippen molar-refractivity contribution in [1.82, 2.24) is 55.6 Å². The van der Waals surface area contributed by atoms with E-state index in [-0.39, 0.29) is 65.9 Å². The number of hydrogen-bond donors (Lipinski definition) is 5. The summed E-state index contributed by atoms with van der Waals surface area (Å²) in [4.78, 5) is 102. The van der Waals surface area contributed by atoms with Crippen LogP contribution in [0.15, 0.2) is 20.0 Å². The van der Waals surface area contributed by atoms with Crippen LogP contribution in [0.2, 0.25) is 0 Å². The Kier molecular flexibility index (Phi) is 79.5. The molecule has 5 aliphatic heterocycles. The molecule has 6 N–H and O–H groups in total. The van der Waals surface area contributed by atoms with Crippen LogP contribution in [0.4, 0.5) is 0 Å². The minimum absolute atomic E-state index is 0.00653. The van der Waals surface area contributed by atoms with Gasteiger partial charge in [-0.2, -0.15) is 0 Å². The molecule has 7 amide bonds. The predicted molar refractivity (Wildman–Crippen MR) is 414 cm³/mol. The number of carbonyl (C=O) groups is 7. The van der Waals surface area contributed by atoms with Gasteiger partial charge in [-0.15, -0.1) is 0 Å². The van der Waals surface area contributed by atoms with Crippen molar-refractivity contribution >= 4 is 84.1 Å². The van der Waals surface area contributed by atoms with Crippen molar-refractivity contribution in [2.24, 2.45) is 25.7 Å². The minimum atomic E-state index is -2.95. The number of sulfone groups is 2. The van der Waals surface area contributed by atoms with Crippen molar-refractivity contribution in [3.8, 4) is 0 Å². The molecule has 33 heteroatoms. The fraction of sp³-hybridized carbons (Fsp3) is 0.838. The molecule has 598 valence electrons. The number of morpholine rings is 1. The van der Waals surface area contributed by atoms with E-state index in [2.05, 4.69) is 69.6 Å². The van der Waals surface area contributed by atoms with E-state index < -0.39 is 19.7 Å². The molecule has 0 saturated carbocycles. The molecule has 0 aromatic heterocycles. The van der Waals surface area contributed by atoms with Crippen molar-refractivity contribution < 1.29 is 69.3 Å². The summed E-state index contributed by atoms with van der Waals surface area (Å²) in [7, 11) is 11.8. The molecule has 5 heterocycles. The van der Waals surface area contributed by atoms with E-state index in [0.717, 1.165) is 117 Å². The molecule has 0 aliphatic carbocycles. The van der Waals surface area contributed by atoms with Gasteiger partial charge in [-0.3, -0.25) is 58.4 Å². The number of nitrogens with two attached hydrogens (primary N) is 1. The molecule has 0 atom stereocenters. The molecular weight excluding hydrogens is 1340 g/mol. The zero-order valence-corrected chi connectivity index (χ0v) is 68.9. The Balaban J connectivity index is -0.000000192. The van der Waals surface area contributed by atoms with Gasteiger partial charge in [0.05, 0.1) is 62.8 Å². The first-order valence-corrected chi connectivity index (χ1v) is 38.8. The van der Waals surface area contributed by atoms with Crippen LogP contribution in [0.3, 0.4) is 0 Å². The number of likely N-dealkylation sites (tertiary alicyclic amines) is 1. The molecule has 0 bridgehead atoms. The van der Waals surface area contributed by atoms with E-state index in [0.29, 0.717) is 45.3 Å². The average Bonchev–Trinajstić information content (AvgIpc) is 1.97. The van der Waals surface area contributed by atoms with Crippen LogP contribution in [-0.4, -0.2) is 361 Å². The Morgan fingerprint density at radius 2 is 1.03 bits per heavy atom. The summed E-state index contributed by atoms with van der Waals surface area (Å²) in [5.41, 5.74) is 7.90. The van der Waals surface area contributed by atoms with E-state index in [9.17, 15) is 50.4 Å². The third-order valence-electron chi connectivity index (χ3n) is 13.9. The number of hydrogen-bond acceptors (Lipinski definition) is 23. The monoisotopic (exact) mass is 1490 g/mol. The Hall–Kier alpha value is -5.81. The van der Waals surface area contributed by atoms with Crippen LogP contribution in [0.5, 0.6) is 0 Å². The maximum Gasteiger partial charge on any atom is 0.219 e.